The second-order valence-electron chi connectivity index (χ2n) is 3.92. The zero-order valence-corrected chi connectivity index (χ0v) is 10.1. The van der Waals surface area contributed by atoms with Crippen LogP contribution in [0.15, 0.2) is 36.7 Å². The van der Waals surface area contributed by atoms with E-state index < -0.39 is 6.04 Å². The molecule has 0 aliphatic heterocycles. The van der Waals surface area contributed by atoms with Gasteiger partial charge in [-0.05, 0) is 35.7 Å². The van der Waals surface area contributed by atoms with Gasteiger partial charge in [0.25, 0.3) is 0 Å². The number of nitrogens with two attached hydrogens (primary N) is 1. The predicted octanol–water partition coefficient (Wildman–Crippen LogP) is 3.23. The summed E-state index contributed by atoms with van der Waals surface area (Å²) < 4.78 is 13.0. The predicted molar refractivity (Wildman–Crippen MR) is 66.4 cm³/mol. The molecular formula is C13H12ClFN2. The van der Waals surface area contributed by atoms with Crippen molar-refractivity contribution in [3.8, 4) is 0 Å². The molecule has 4 heteroatoms. The Morgan fingerprint density at radius 1 is 1.24 bits per heavy atom. The lowest BCUT2D eigenvalue weighted by Crippen LogP contribution is -2.12. The van der Waals surface area contributed by atoms with Crippen LogP contribution in [0.3, 0.4) is 0 Å². The van der Waals surface area contributed by atoms with Gasteiger partial charge in [0.05, 0.1) is 12.2 Å². The van der Waals surface area contributed by atoms with E-state index in [4.69, 9.17) is 17.3 Å². The topological polar surface area (TPSA) is 38.9 Å². The zero-order chi connectivity index (χ0) is 12.4. The Morgan fingerprint density at radius 2 is 2.00 bits per heavy atom. The normalized spacial score (nSPS) is 12.5. The molecule has 0 saturated heterocycles. The molecule has 1 aromatic heterocycles. The number of benzene rings is 1. The summed E-state index contributed by atoms with van der Waals surface area (Å²) in [6.07, 6.45) is 2.72. The number of nitrogens with zero attached hydrogens (tertiary/aromatic N) is 1. The zero-order valence-electron chi connectivity index (χ0n) is 9.32. The summed E-state index contributed by atoms with van der Waals surface area (Å²) in [5.41, 5.74) is 8.54. The Bertz CT molecular complexity index is 543. The molecule has 1 unspecified atom stereocenters. The van der Waals surface area contributed by atoms with E-state index in [0.29, 0.717) is 10.6 Å². The van der Waals surface area contributed by atoms with Crippen molar-refractivity contribution in [2.45, 2.75) is 13.0 Å². The second-order valence-corrected chi connectivity index (χ2v) is 4.33. The summed E-state index contributed by atoms with van der Waals surface area (Å²) in [6.45, 7) is 1.91. The maximum absolute atomic E-state index is 13.0. The third kappa shape index (κ3) is 2.62. The number of halogens is 2. The van der Waals surface area contributed by atoms with E-state index in [1.807, 2.05) is 19.1 Å². The monoisotopic (exact) mass is 250 g/mol. The first kappa shape index (κ1) is 12.0. The summed E-state index contributed by atoms with van der Waals surface area (Å²) in [5, 5.41) is 0.693. The van der Waals surface area contributed by atoms with Crippen molar-refractivity contribution in [3.05, 3.63) is 64.2 Å². The lowest BCUT2D eigenvalue weighted by Gasteiger charge is -2.13. The van der Waals surface area contributed by atoms with E-state index in [9.17, 15) is 4.39 Å². The highest BCUT2D eigenvalue weighted by atomic mass is 35.5. The summed E-state index contributed by atoms with van der Waals surface area (Å²) in [4.78, 5) is 3.79. The van der Waals surface area contributed by atoms with Crippen LogP contribution < -0.4 is 5.73 Å². The van der Waals surface area contributed by atoms with Gasteiger partial charge in [0.1, 0.15) is 5.82 Å². The van der Waals surface area contributed by atoms with Crippen LogP contribution in [-0.4, -0.2) is 4.98 Å². The highest BCUT2D eigenvalue weighted by molar-refractivity contribution is 6.31. The number of aromatic nitrogens is 1. The largest absolute Gasteiger partial charge is 0.320 e. The Kier molecular flexibility index (Phi) is 3.41. The Morgan fingerprint density at radius 3 is 2.65 bits per heavy atom. The van der Waals surface area contributed by atoms with Crippen LogP contribution in [0.25, 0.3) is 0 Å². The van der Waals surface area contributed by atoms with Crippen molar-refractivity contribution in [3.63, 3.8) is 0 Å². The highest BCUT2D eigenvalue weighted by Gasteiger charge is 2.11. The maximum atomic E-state index is 13.0. The first-order valence-electron chi connectivity index (χ1n) is 5.20. The van der Waals surface area contributed by atoms with E-state index >= 15 is 0 Å². The molecular weight excluding hydrogens is 239 g/mol. The molecule has 0 amide bonds. The number of hydrogen-bond acceptors (Lipinski definition) is 2. The number of rotatable bonds is 2. The second kappa shape index (κ2) is 4.82. The van der Waals surface area contributed by atoms with E-state index in [1.54, 1.807) is 12.3 Å². The third-order valence-electron chi connectivity index (χ3n) is 2.63. The van der Waals surface area contributed by atoms with Gasteiger partial charge in [-0.25, -0.2) is 4.39 Å². The van der Waals surface area contributed by atoms with Crippen molar-refractivity contribution >= 4 is 11.6 Å². The van der Waals surface area contributed by atoms with Crippen molar-refractivity contribution in [2.75, 3.05) is 0 Å². The fourth-order valence-corrected chi connectivity index (χ4v) is 1.77. The number of aryl methyl sites for hydroxylation is 1. The fraction of sp³-hybridized carbons (Fsp3) is 0.154. The van der Waals surface area contributed by atoms with Crippen molar-refractivity contribution in [1.29, 1.82) is 0 Å². The molecule has 17 heavy (non-hydrogen) atoms. The molecule has 0 radical (unpaired) electrons. The van der Waals surface area contributed by atoms with Gasteiger partial charge in [0.2, 0.25) is 0 Å². The smallest absolute Gasteiger partial charge is 0.141 e. The molecule has 2 rings (SSSR count). The highest BCUT2D eigenvalue weighted by Crippen LogP contribution is 2.23. The van der Waals surface area contributed by atoms with Crippen LogP contribution in [0.4, 0.5) is 4.39 Å². The molecule has 1 atom stereocenters. The molecule has 88 valence electrons. The third-order valence-corrected chi connectivity index (χ3v) is 3.05. The van der Waals surface area contributed by atoms with Gasteiger partial charge in [0.15, 0.2) is 0 Å². The van der Waals surface area contributed by atoms with E-state index in [-0.39, 0.29) is 5.82 Å². The molecule has 1 heterocycles. The van der Waals surface area contributed by atoms with Crippen molar-refractivity contribution in [2.24, 2.45) is 5.73 Å². The minimum absolute atomic E-state index is 0.386. The quantitative estimate of drug-likeness (QED) is 0.889. The fourth-order valence-electron chi connectivity index (χ4n) is 1.65. The van der Waals surface area contributed by atoms with E-state index in [0.717, 1.165) is 17.3 Å². The van der Waals surface area contributed by atoms with Crippen molar-refractivity contribution in [1.82, 2.24) is 4.98 Å². The van der Waals surface area contributed by atoms with Gasteiger partial charge in [-0.15, -0.1) is 0 Å². The average Bonchev–Trinajstić information content (AvgIpc) is 2.32. The van der Waals surface area contributed by atoms with E-state index in [1.165, 1.54) is 6.07 Å². The number of pyridine rings is 1. The molecule has 0 aliphatic rings. The summed E-state index contributed by atoms with van der Waals surface area (Å²) in [5.74, 6) is -0.386. The van der Waals surface area contributed by atoms with Crippen LogP contribution in [0, 0.1) is 12.7 Å². The van der Waals surface area contributed by atoms with Gasteiger partial charge < -0.3 is 5.73 Å². The van der Waals surface area contributed by atoms with E-state index in [2.05, 4.69) is 4.98 Å². The molecule has 2 aromatic rings. The Hall–Kier alpha value is -1.45. The molecule has 1 aromatic carbocycles. The van der Waals surface area contributed by atoms with Crippen LogP contribution in [0.2, 0.25) is 5.02 Å². The Labute approximate surface area is 104 Å². The lowest BCUT2D eigenvalue weighted by atomic mass is 9.99. The first-order valence-corrected chi connectivity index (χ1v) is 5.58. The SMILES string of the molecule is Cc1cc(C(N)c2cncc(F)c2)ccc1Cl. The molecule has 0 saturated carbocycles. The Balaban J connectivity index is 2.36. The molecule has 0 spiro atoms. The first-order chi connectivity index (χ1) is 8.08. The molecule has 0 bridgehead atoms. The average molecular weight is 251 g/mol. The summed E-state index contributed by atoms with van der Waals surface area (Å²) >= 11 is 5.94. The van der Waals surface area contributed by atoms with Gasteiger partial charge in [-0.2, -0.15) is 0 Å². The van der Waals surface area contributed by atoms with Gasteiger partial charge in [0, 0.05) is 11.2 Å². The molecule has 2 N–H and O–H groups in total. The number of hydrogen-bond donors (Lipinski definition) is 1. The summed E-state index contributed by atoms with van der Waals surface area (Å²) in [6, 6.07) is 6.53. The lowest BCUT2D eigenvalue weighted by molar-refractivity contribution is 0.616. The van der Waals surface area contributed by atoms with Gasteiger partial charge in [-0.3, -0.25) is 4.98 Å². The van der Waals surface area contributed by atoms with Crippen LogP contribution in [0.5, 0.6) is 0 Å². The minimum atomic E-state index is -0.394. The molecule has 2 nitrogen and oxygen atoms in total. The van der Waals surface area contributed by atoms with Crippen LogP contribution >= 0.6 is 11.6 Å². The van der Waals surface area contributed by atoms with Gasteiger partial charge in [-0.1, -0.05) is 23.7 Å². The standard InChI is InChI=1S/C13H12ClFN2/c1-8-4-9(2-3-12(8)14)13(16)10-5-11(15)7-17-6-10/h2-7,13H,16H2,1H3. The van der Waals surface area contributed by atoms with Crippen LogP contribution in [0.1, 0.15) is 22.7 Å². The minimum Gasteiger partial charge on any atom is -0.320 e. The van der Waals surface area contributed by atoms with Crippen LogP contribution in [-0.2, 0) is 0 Å². The molecule has 0 fully saturated rings. The summed E-state index contributed by atoms with van der Waals surface area (Å²) in [7, 11) is 0. The van der Waals surface area contributed by atoms with Gasteiger partial charge >= 0.3 is 0 Å². The molecule has 0 aliphatic carbocycles. The van der Waals surface area contributed by atoms with Crippen molar-refractivity contribution < 1.29 is 4.39 Å². The maximum Gasteiger partial charge on any atom is 0.141 e.